The third-order valence-electron chi connectivity index (χ3n) is 5.33. The van der Waals surface area contributed by atoms with Gasteiger partial charge in [0.2, 0.25) is 5.91 Å². The summed E-state index contributed by atoms with van der Waals surface area (Å²) in [5, 5.41) is 9.35. The fourth-order valence-corrected chi connectivity index (χ4v) is 3.81. The van der Waals surface area contributed by atoms with E-state index >= 15 is 0 Å². The van der Waals surface area contributed by atoms with Crippen molar-refractivity contribution in [3.05, 3.63) is 34.9 Å². The highest BCUT2D eigenvalue weighted by Crippen LogP contribution is 2.20. The van der Waals surface area contributed by atoms with Crippen molar-refractivity contribution in [2.75, 3.05) is 19.6 Å². The largest absolute Gasteiger partial charge is 0.352 e. The normalized spacial score (nSPS) is 18.4. The minimum Gasteiger partial charge on any atom is -0.352 e. The Bertz CT molecular complexity index is 680. The van der Waals surface area contributed by atoms with Crippen LogP contribution < -0.4 is 16.0 Å². The predicted octanol–water partition coefficient (Wildman–Crippen LogP) is 2.80. The van der Waals surface area contributed by atoms with Crippen LogP contribution in [0.2, 0.25) is 0 Å². The van der Waals surface area contributed by atoms with Crippen LogP contribution >= 0.6 is 12.4 Å². The summed E-state index contributed by atoms with van der Waals surface area (Å²) >= 11 is 0. The van der Waals surface area contributed by atoms with E-state index in [4.69, 9.17) is 0 Å². The molecule has 7 heteroatoms. The van der Waals surface area contributed by atoms with E-state index in [0.717, 1.165) is 38.0 Å². The molecule has 0 spiro atoms. The van der Waals surface area contributed by atoms with Crippen LogP contribution in [0.1, 0.15) is 49.8 Å². The second-order valence-electron chi connectivity index (χ2n) is 8.22. The van der Waals surface area contributed by atoms with E-state index in [0.29, 0.717) is 32.0 Å². The summed E-state index contributed by atoms with van der Waals surface area (Å²) < 4.78 is 0. The van der Waals surface area contributed by atoms with Crippen molar-refractivity contribution in [2.45, 2.75) is 52.7 Å². The minimum absolute atomic E-state index is 0. The lowest BCUT2D eigenvalue weighted by molar-refractivity contribution is -0.122. The SMILES string of the molecule is CC(C)CNC(=O)N1CCCC(CC(=O)NCc2ccc3c(c2)CNC3)C1.Cl. The molecule has 1 fully saturated rings. The number of amides is 3. The van der Waals surface area contributed by atoms with E-state index in [9.17, 15) is 9.59 Å². The molecule has 1 atom stereocenters. The van der Waals surface area contributed by atoms with Gasteiger partial charge in [0.1, 0.15) is 0 Å². The lowest BCUT2D eigenvalue weighted by Crippen LogP contribution is -2.47. The van der Waals surface area contributed by atoms with Crippen LogP contribution in [0.3, 0.4) is 0 Å². The number of fused-ring (bicyclic) bond motifs is 1. The Morgan fingerprint density at radius 2 is 2.00 bits per heavy atom. The number of hydrogen-bond acceptors (Lipinski definition) is 3. The van der Waals surface area contributed by atoms with Crippen LogP contribution in [0.5, 0.6) is 0 Å². The maximum atomic E-state index is 12.4. The Hall–Kier alpha value is -1.79. The molecule has 1 aromatic rings. The smallest absolute Gasteiger partial charge is 0.317 e. The number of rotatable bonds is 6. The third kappa shape index (κ3) is 6.38. The van der Waals surface area contributed by atoms with Gasteiger partial charge >= 0.3 is 6.03 Å². The molecule has 0 bridgehead atoms. The van der Waals surface area contributed by atoms with Crippen molar-refractivity contribution in [2.24, 2.45) is 11.8 Å². The zero-order valence-corrected chi connectivity index (χ0v) is 17.7. The van der Waals surface area contributed by atoms with Gasteiger partial charge in [0.25, 0.3) is 0 Å². The van der Waals surface area contributed by atoms with Gasteiger partial charge in [-0.05, 0) is 41.4 Å². The second kappa shape index (κ2) is 10.7. The van der Waals surface area contributed by atoms with Crippen molar-refractivity contribution in [1.29, 1.82) is 0 Å². The molecule has 2 heterocycles. The van der Waals surface area contributed by atoms with Gasteiger partial charge in [0.15, 0.2) is 0 Å². The summed E-state index contributed by atoms with van der Waals surface area (Å²) in [5.41, 5.74) is 3.82. The van der Waals surface area contributed by atoms with Crippen LogP contribution in [-0.4, -0.2) is 36.5 Å². The molecule has 3 N–H and O–H groups in total. The van der Waals surface area contributed by atoms with E-state index < -0.39 is 0 Å². The van der Waals surface area contributed by atoms with E-state index in [1.54, 1.807) is 0 Å². The maximum Gasteiger partial charge on any atom is 0.317 e. The number of carbonyl (C=O) groups excluding carboxylic acids is 2. The molecule has 2 aliphatic rings. The number of halogens is 1. The van der Waals surface area contributed by atoms with E-state index in [-0.39, 0.29) is 30.3 Å². The summed E-state index contributed by atoms with van der Waals surface area (Å²) in [6.45, 7) is 8.72. The highest BCUT2D eigenvalue weighted by Gasteiger charge is 2.25. The summed E-state index contributed by atoms with van der Waals surface area (Å²) in [7, 11) is 0. The van der Waals surface area contributed by atoms with Crippen molar-refractivity contribution in [3.8, 4) is 0 Å². The Morgan fingerprint density at radius 1 is 1.21 bits per heavy atom. The number of nitrogens with one attached hydrogen (secondary N) is 3. The number of carbonyl (C=O) groups is 2. The van der Waals surface area contributed by atoms with Crippen LogP contribution in [-0.2, 0) is 24.4 Å². The first-order valence-electron chi connectivity index (χ1n) is 10.1. The zero-order valence-electron chi connectivity index (χ0n) is 16.9. The van der Waals surface area contributed by atoms with Gasteiger partial charge in [-0.3, -0.25) is 4.79 Å². The zero-order chi connectivity index (χ0) is 19.2. The van der Waals surface area contributed by atoms with E-state index in [2.05, 4.69) is 48.0 Å². The molecule has 0 saturated carbocycles. The standard InChI is InChI=1S/C21H32N4O2.ClH/c1-15(2)10-24-21(27)25-7-3-4-17(14-25)9-20(26)23-11-16-5-6-18-12-22-13-19(18)8-16;/h5-6,8,15,17,22H,3-4,7,9-14H2,1-2H3,(H,23,26)(H,24,27);1H. The molecular formula is C21H33ClN4O2. The van der Waals surface area contributed by atoms with Gasteiger partial charge in [-0.2, -0.15) is 0 Å². The van der Waals surface area contributed by atoms with Gasteiger partial charge < -0.3 is 20.9 Å². The quantitative estimate of drug-likeness (QED) is 0.677. The molecule has 0 radical (unpaired) electrons. The Kier molecular flexibility index (Phi) is 8.58. The topological polar surface area (TPSA) is 73.5 Å². The lowest BCUT2D eigenvalue weighted by Gasteiger charge is -2.32. The molecule has 28 heavy (non-hydrogen) atoms. The third-order valence-corrected chi connectivity index (χ3v) is 5.33. The second-order valence-corrected chi connectivity index (χ2v) is 8.22. The highest BCUT2D eigenvalue weighted by molar-refractivity contribution is 5.85. The van der Waals surface area contributed by atoms with Crippen LogP contribution in [0, 0.1) is 11.8 Å². The number of likely N-dealkylation sites (tertiary alicyclic amines) is 1. The fraction of sp³-hybridized carbons (Fsp3) is 0.619. The fourth-order valence-electron chi connectivity index (χ4n) is 3.81. The van der Waals surface area contributed by atoms with Crippen LogP contribution in [0.15, 0.2) is 18.2 Å². The summed E-state index contributed by atoms with van der Waals surface area (Å²) in [6.07, 6.45) is 2.46. The summed E-state index contributed by atoms with van der Waals surface area (Å²) in [4.78, 5) is 26.5. The predicted molar refractivity (Wildman–Crippen MR) is 113 cm³/mol. The van der Waals surface area contributed by atoms with Crippen molar-refractivity contribution in [1.82, 2.24) is 20.9 Å². The summed E-state index contributed by atoms with van der Waals surface area (Å²) in [5.74, 6) is 0.756. The molecule has 156 valence electrons. The first-order valence-corrected chi connectivity index (χ1v) is 10.1. The molecule has 1 saturated heterocycles. The molecular weight excluding hydrogens is 376 g/mol. The van der Waals surface area contributed by atoms with Crippen molar-refractivity contribution >= 4 is 24.3 Å². The molecule has 2 aliphatic heterocycles. The Labute approximate surface area is 174 Å². The lowest BCUT2D eigenvalue weighted by atomic mass is 9.94. The van der Waals surface area contributed by atoms with Crippen molar-refractivity contribution in [3.63, 3.8) is 0 Å². The Morgan fingerprint density at radius 3 is 2.79 bits per heavy atom. The number of hydrogen-bond donors (Lipinski definition) is 3. The first-order chi connectivity index (χ1) is 13.0. The highest BCUT2D eigenvalue weighted by atomic mass is 35.5. The number of nitrogens with zero attached hydrogens (tertiary/aromatic N) is 1. The minimum atomic E-state index is 0. The molecule has 1 aromatic carbocycles. The van der Waals surface area contributed by atoms with Gasteiger partial charge in [-0.15, -0.1) is 12.4 Å². The molecule has 3 amide bonds. The van der Waals surface area contributed by atoms with Crippen molar-refractivity contribution < 1.29 is 9.59 Å². The Balaban J connectivity index is 0.00000280. The van der Waals surface area contributed by atoms with Crippen LogP contribution in [0.4, 0.5) is 4.79 Å². The average Bonchev–Trinajstić information content (AvgIpc) is 3.12. The van der Waals surface area contributed by atoms with E-state index in [1.165, 1.54) is 11.1 Å². The molecule has 0 aliphatic carbocycles. The molecule has 0 aromatic heterocycles. The van der Waals surface area contributed by atoms with Gasteiger partial charge in [-0.1, -0.05) is 32.0 Å². The monoisotopic (exact) mass is 408 g/mol. The van der Waals surface area contributed by atoms with Crippen LogP contribution in [0.25, 0.3) is 0 Å². The molecule has 6 nitrogen and oxygen atoms in total. The maximum absolute atomic E-state index is 12.4. The van der Waals surface area contributed by atoms with Gasteiger partial charge in [-0.25, -0.2) is 4.79 Å². The molecule has 3 rings (SSSR count). The average molecular weight is 409 g/mol. The first kappa shape index (κ1) is 22.5. The number of urea groups is 1. The number of benzene rings is 1. The summed E-state index contributed by atoms with van der Waals surface area (Å²) in [6, 6.07) is 6.41. The molecule has 1 unspecified atom stereocenters. The number of piperidine rings is 1. The van der Waals surface area contributed by atoms with E-state index in [1.807, 2.05) is 4.90 Å². The van der Waals surface area contributed by atoms with Gasteiger partial charge in [0.05, 0.1) is 0 Å². The van der Waals surface area contributed by atoms with Gasteiger partial charge in [0, 0.05) is 45.7 Å².